The number of rotatable bonds is 11. The Morgan fingerprint density at radius 2 is 1.91 bits per heavy atom. The van der Waals surface area contributed by atoms with Gasteiger partial charge in [-0.25, -0.2) is 14.9 Å². The number of hydroxylamine groups is 1. The molecular formula is C24H29FN4O4S. The monoisotopic (exact) mass is 488 g/mol. The van der Waals surface area contributed by atoms with Crippen LogP contribution in [-0.4, -0.2) is 49.9 Å². The zero-order chi connectivity index (χ0) is 24.7. The van der Waals surface area contributed by atoms with Crippen molar-refractivity contribution >= 4 is 34.2 Å². The number of para-hydroxylation sites is 2. The van der Waals surface area contributed by atoms with Gasteiger partial charge in [-0.2, -0.15) is 0 Å². The van der Waals surface area contributed by atoms with Crippen LogP contribution in [-0.2, 0) is 11.2 Å². The Kier molecular flexibility index (Phi) is 8.65. The predicted octanol–water partition coefficient (Wildman–Crippen LogP) is 3.43. The third-order valence-electron chi connectivity index (χ3n) is 5.56. The maximum absolute atomic E-state index is 14.0. The molecular weight excluding hydrogens is 459 g/mol. The summed E-state index contributed by atoms with van der Waals surface area (Å²) in [4.78, 5) is 34.7. The first-order valence-electron chi connectivity index (χ1n) is 11.0. The topological polar surface area (TPSA) is 124 Å². The largest absolute Gasteiger partial charge is 0.391 e. The van der Waals surface area contributed by atoms with Crippen LogP contribution in [0.15, 0.2) is 48.0 Å². The number of aliphatic hydroxyl groups is 1. The van der Waals surface area contributed by atoms with Crippen LogP contribution in [0.2, 0.25) is 0 Å². The van der Waals surface area contributed by atoms with Gasteiger partial charge < -0.3 is 10.4 Å². The second-order valence-corrected chi connectivity index (χ2v) is 9.87. The summed E-state index contributed by atoms with van der Waals surface area (Å²) in [6.07, 6.45) is 0.701. The number of benzene rings is 1. The van der Waals surface area contributed by atoms with Crippen molar-refractivity contribution in [3.05, 3.63) is 58.5 Å². The first-order chi connectivity index (χ1) is 16.2. The smallest absolute Gasteiger partial charge is 0.271 e. The summed E-state index contributed by atoms with van der Waals surface area (Å²) in [5, 5.41) is 24.8. The second kappa shape index (κ2) is 11.5. The zero-order valence-corrected chi connectivity index (χ0v) is 19.9. The summed E-state index contributed by atoms with van der Waals surface area (Å²) in [6.45, 7) is 2.81. The van der Waals surface area contributed by atoms with E-state index in [2.05, 4.69) is 15.3 Å². The number of alkyl halides is 1. The molecule has 0 aliphatic heterocycles. The van der Waals surface area contributed by atoms with Crippen molar-refractivity contribution in [2.24, 2.45) is 5.92 Å². The minimum atomic E-state index is -1.50. The molecule has 2 amide bonds. The molecule has 10 heteroatoms. The van der Waals surface area contributed by atoms with Crippen LogP contribution in [0.1, 0.15) is 48.5 Å². The van der Waals surface area contributed by atoms with Gasteiger partial charge in [0.25, 0.3) is 5.91 Å². The van der Waals surface area contributed by atoms with E-state index >= 15 is 0 Å². The number of nitrogens with zero attached hydrogens (tertiary/aromatic N) is 2. The quantitative estimate of drug-likeness (QED) is 0.242. The van der Waals surface area contributed by atoms with Gasteiger partial charge >= 0.3 is 0 Å². The van der Waals surface area contributed by atoms with E-state index in [1.54, 1.807) is 23.7 Å². The SMILES string of the molecule is CC(C)(F)CCC(CC(O)C(Cc1cccs1)NC(=O)c1cnc2ccccc2n1)C(=O)NO. The van der Waals surface area contributed by atoms with Crippen LogP contribution in [0.3, 0.4) is 0 Å². The third kappa shape index (κ3) is 7.28. The maximum Gasteiger partial charge on any atom is 0.271 e. The highest BCUT2D eigenvalue weighted by Crippen LogP contribution is 2.25. The number of carbonyl (C=O) groups excluding carboxylic acids is 2. The first-order valence-corrected chi connectivity index (χ1v) is 11.9. The average Bonchev–Trinajstić information content (AvgIpc) is 3.32. The summed E-state index contributed by atoms with van der Waals surface area (Å²) in [6, 6.07) is 10.2. The van der Waals surface area contributed by atoms with Crippen molar-refractivity contribution in [2.75, 3.05) is 0 Å². The molecule has 2 heterocycles. The van der Waals surface area contributed by atoms with Gasteiger partial charge in [0.1, 0.15) is 11.4 Å². The molecule has 0 aliphatic rings. The second-order valence-electron chi connectivity index (χ2n) is 8.84. The van der Waals surface area contributed by atoms with Crippen LogP contribution in [0.5, 0.6) is 0 Å². The van der Waals surface area contributed by atoms with Crippen molar-refractivity contribution in [3.8, 4) is 0 Å². The molecule has 0 spiro atoms. The van der Waals surface area contributed by atoms with Gasteiger partial charge in [-0.05, 0) is 56.7 Å². The Hall–Kier alpha value is -2.95. The number of aliphatic hydroxyl groups excluding tert-OH is 1. The van der Waals surface area contributed by atoms with Crippen molar-refractivity contribution in [3.63, 3.8) is 0 Å². The molecule has 0 bridgehead atoms. The molecule has 0 radical (unpaired) electrons. The van der Waals surface area contributed by atoms with Gasteiger partial charge in [-0.15, -0.1) is 11.3 Å². The van der Waals surface area contributed by atoms with Gasteiger partial charge in [-0.3, -0.25) is 19.8 Å². The number of amides is 2. The van der Waals surface area contributed by atoms with E-state index in [0.717, 1.165) is 4.88 Å². The highest BCUT2D eigenvalue weighted by atomic mass is 32.1. The summed E-state index contributed by atoms with van der Waals surface area (Å²) < 4.78 is 14.0. The summed E-state index contributed by atoms with van der Waals surface area (Å²) in [5.41, 5.74) is 1.42. The van der Waals surface area contributed by atoms with Gasteiger partial charge in [0.2, 0.25) is 5.91 Å². The third-order valence-corrected chi connectivity index (χ3v) is 6.46. The standard InChI is InChI=1S/C24H29FN4O4S/c1-24(2,25)10-9-15(22(31)29-33)12-21(30)19(13-16-6-5-11-34-16)28-23(32)20-14-26-17-7-3-4-8-18(17)27-20/h3-8,11,14-15,19,21,30,33H,9-10,12-13H2,1-2H3,(H,28,32)(H,29,31). The highest BCUT2D eigenvalue weighted by Gasteiger charge is 2.30. The Morgan fingerprint density at radius 1 is 1.18 bits per heavy atom. The Labute approximate surface area is 201 Å². The van der Waals surface area contributed by atoms with Crippen LogP contribution < -0.4 is 10.8 Å². The maximum atomic E-state index is 14.0. The molecule has 182 valence electrons. The van der Waals surface area contributed by atoms with Crippen LogP contribution >= 0.6 is 11.3 Å². The molecule has 4 N–H and O–H groups in total. The number of aromatic nitrogens is 2. The number of hydrogen-bond acceptors (Lipinski definition) is 7. The molecule has 3 atom stereocenters. The number of halogens is 1. The lowest BCUT2D eigenvalue weighted by atomic mass is 9.88. The normalized spacial score (nSPS) is 14.4. The number of carbonyl (C=O) groups is 2. The molecule has 3 aromatic rings. The van der Waals surface area contributed by atoms with Crippen molar-refractivity contribution in [1.82, 2.24) is 20.8 Å². The minimum Gasteiger partial charge on any atom is -0.391 e. The van der Waals surface area contributed by atoms with Crippen LogP contribution in [0, 0.1) is 5.92 Å². The Bertz CT molecular complexity index is 1100. The number of hydrogen-bond donors (Lipinski definition) is 4. The van der Waals surface area contributed by atoms with Crippen molar-refractivity contribution < 1.29 is 24.3 Å². The molecule has 3 unspecified atom stereocenters. The van der Waals surface area contributed by atoms with Crippen molar-refractivity contribution in [1.29, 1.82) is 0 Å². The minimum absolute atomic E-state index is 0.0673. The lowest BCUT2D eigenvalue weighted by Gasteiger charge is -2.27. The molecule has 1 aromatic carbocycles. The summed E-state index contributed by atoms with van der Waals surface area (Å²) in [5.74, 6) is -2.05. The molecule has 2 aromatic heterocycles. The fourth-order valence-corrected chi connectivity index (χ4v) is 4.42. The van der Waals surface area contributed by atoms with Crippen LogP contribution in [0.25, 0.3) is 11.0 Å². The highest BCUT2D eigenvalue weighted by molar-refractivity contribution is 7.09. The van der Waals surface area contributed by atoms with E-state index in [0.29, 0.717) is 17.5 Å². The first kappa shape index (κ1) is 25.7. The summed E-state index contributed by atoms with van der Waals surface area (Å²) >= 11 is 1.48. The molecule has 34 heavy (non-hydrogen) atoms. The molecule has 8 nitrogen and oxygen atoms in total. The molecule has 3 rings (SSSR count). The average molecular weight is 489 g/mol. The Morgan fingerprint density at radius 3 is 2.56 bits per heavy atom. The predicted molar refractivity (Wildman–Crippen MR) is 127 cm³/mol. The van der Waals surface area contributed by atoms with E-state index in [-0.39, 0.29) is 25.0 Å². The van der Waals surface area contributed by atoms with E-state index < -0.39 is 35.5 Å². The lowest BCUT2D eigenvalue weighted by molar-refractivity contribution is -0.135. The number of nitrogens with one attached hydrogen (secondary N) is 2. The van der Waals surface area contributed by atoms with Gasteiger partial charge in [-0.1, -0.05) is 18.2 Å². The molecule has 0 saturated carbocycles. The van der Waals surface area contributed by atoms with Crippen LogP contribution in [0.4, 0.5) is 4.39 Å². The van der Waals surface area contributed by atoms with E-state index in [4.69, 9.17) is 5.21 Å². The molecule has 0 fully saturated rings. The van der Waals surface area contributed by atoms with Gasteiger partial charge in [0.05, 0.1) is 29.4 Å². The number of thiophene rings is 1. The fourth-order valence-electron chi connectivity index (χ4n) is 3.66. The Balaban J connectivity index is 1.77. The molecule has 0 aliphatic carbocycles. The van der Waals surface area contributed by atoms with Gasteiger partial charge in [0, 0.05) is 17.2 Å². The lowest BCUT2D eigenvalue weighted by Crippen LogP contribution is -2.46. The summed E-state index contributed by atoms with van der Waals surface area (Å²) in [7, 11) is 0. The fraction of sp³-hybridized carbons (Fsp3) is 0.417. The zero-order valence-electron chi connectivity index (χ0n) is 19.1. The molecule has 0 saturated heterocycles. The van der Waals surface area contributed by atoms with E-state index in [1.165, 1.54) is 31.4 Å². The van der Waals surface area contributed by atoms with E-state index in [1.807, 2.05) is 23.6 Å². The van der Waals surface area contributed by atoms with Crippen molar-refractivity contribution in [2.45, 2.75) is 57.3 Å². The number of fused-ring (bicyclic) bond motifs is 1. The van der Waals surface area contributed by atoms with E-state index in [9.17, 15) is 19.1 Å². The van der Waals surface area contributed by atoms with Gasteiger partial charge in [0.15, 0.2) is 0 Å².